The number of fused-ring (bicyclic) bond motifs is 1. The number of phenols is 1. The molecule has 0 spiro atoms. The van der Waals surface area contributed by atoms with Crippen LogP contribution in [0.5, 0.6) is 11.5 Å². The Morgan fingerprint density at radius 3 is 2.96 bits per heavy atom. The SMILES string of the molecule is COc1cccc(-c2nccc(-c3cc4n(n3)CCNC4=O)n2)c1O. The Balaban J connectivity index is 1.77. The summed E-state index contributed by atoms with van der Waals surface area (Å²) in [6.07, 6.45) is 1.59. The zero-order chi connectivity index (χ0) is 17.4. The normalized spacial score (nSPS) is 13.2. The number of phenolic OH excluding ortho intramolecular Hbond substituents is 1. The highest BCUT2D eigenvalue weighted by molar-refractivity contribution is 5.94. The first-order valence-electron chi connectivity index (χ1n) is 7.73. The van der Waals surface area contributed by atoms with E-state index < -0.39 is 0 Å². The van der Waals surface area contributed by atoms with E-state index in [4.69, 9.17) is 4.74 Å². The summed E-state index contributed by atoms with van der Waals surface area (Å²) in [7, 11) is 1.48. The van der Waals surface area contributed by atoms with Crippen molar-refractivity contribution in [3.05, 3.63) is 42.2 Å². The van der Waals surface area contributed by atoms with Gasteiger partial charge in [-0.05, 0) is 24.3 Å². The maximum Gasteiger partial charge on any atom is 0.269 e. The second kappa shape index (κ2) is 5.90. The number of aromatic hydroxyl groups is 1. The van der Waals surface area contributed by atoms with Crippen molar-refractivity contribution in [1.82, 2.24) is 25.1 Å². The van der Waals surface area contributed by atoms with Crippen molar-refractivity contribution in [1.29, 1.82) is 0 Å². The molecule has 0 bridgehead atoms. The summed E-state index contributed by atoms with van der Waals surface area (Å²) in [5.41, 5.74) is 2.12. The maximum absolute atomic E-state index is 11.9. The molecule has 0 saturated heterocycles. The minimum absolute atomic E-state index is 0.0225. The number of carbonyl (C=O) groups is 1. The lowest BCUT2D eigenvalue weighted by Gasteiger charge is -2.13. The number of ether oxygens (including phenoxy) is 1. The monoisotopic (exact) mass is 337 g/mol. The summed E-state index contributed by atoms with van der Waals surface area (Å²) in [5, 5.41) is 17.5. The summed E-state index contributed by atoms with van der Waals surface area (Å²) in [5.74, 6) is 0.528. The molecular formula is C17H15N5O3. The number of rotatable bonds is 3. The Kier molecular flexibility index (Phi) is 3.57. The fraction of sp³-hybridized carbons (Fsp3) is 0.176. The molecule has 126 valence electrons. The van der Waals surface area contributed by atoms with Crippen LogP contribution in [0.2, 0.25) is 0 Å². The Bertz CT molecular complexity index is 967. The minimum atomic E-state index is -0.148. The largest absolute Gasteiger partial charge is 0.504 e. The number of methoxy groups -OCH3 is 1. The average molecular weight is 337 g/mol. The number of para-hydroxylation sites is 1. The van der Waals surface area contributed by atoms with Crippen molar-refractivity contribution in [3.63, 3.8) is 0 Å². The molecule has 3 aromatic rings. The molecule has 25 heavy (non-hydrogen) atoms. The lowest BCUT2D eigenvalue weighted by atomic mass is 10.1. The van der Waals surface area contributed by atoms with Gasteiger partial charge in [-0.3, -0.25) is 9.48 Å². The first-order chi connectivity index (χ1) is 12.2. The number of hydrogen-bond donors (Lipinski definition) is 2. The molecule has 0 aliphatic carbocycles. The molecule has 8 nitrogen and oxygen atoms in total. The van der Waals surface area contributed by atoms with E-state index in [1.54, 1.807) is 41.2 Å². The second-order valence-electron chi connectivity index (χ2n) is 5.52. The molecule has 0 radical (unpaired) electrons. The number of nitrogens with one attached hydrogen (secondary N) is 1. The third kappa shape index (κ3) is 2.57. The standard InChI is InChI=1S/C17H15N5O3/c1-25-14-4-2-3-10(15(14)23)16-18-6-5-11(20-16)12-9-13-17(24)19-7-8-22(13)21-12/h2-6,9,23H,7-8H2,1H3,(H,19,24). The van der Waals surface area contributed by atoms with Crippen LogP contribution >= 0.6 is 0 Å². The highest BCUT2D eigenvalue weighted by atomic mass is 16.5. The average Bonchev–Trinajstić information content (AvgIpc) is 3.08. The van der Waals surface area contributed by atoms with E-state index in [-0.39, 0.29) is 11.7 Å². The second-order valence-corrected chi connectivity index (χ2v) is 5.52. The van der Waals surface area contributed by atoms with Gasteiger partial charge in [0.05, 0.1) is 24.9 Å². The quantitative estimate of drug-likeness (QED) is 0.750. The fourth-order valence-electron chi connectivity index (χ4n) is 2.76. The third-order valence-corrected chi connectivity index (χ3v) is 4.00. The van der Waals surface area contributed by atoms with E-state index in [0.717, 1.165) is 0 Å². The van der Waals surface area contributed by atoms with E-state index in [1.165, 1.54) is 7.11 Å². The van der Waals surface area contributed by atoms with E-state index in [0.29, 0.717) is 47.3 Å². The van der Waals surface area contributed by atoms with E-state index in [1.807, 2.05) is 0 Å². The third-order valence-electron chi connectivity index (χ3n) is 4.00. The van der Waals surface area contributed by atoms with E-state index in [2.05, 4.69) is 20.4 Å². The van der Waals surface area contributed by atoms with Gasteiger partial charge in [0.1, 0.15) is 11.4 Å². The van der Waals surface area contributed by atoms with Crippen LogP contribution in [0.1, 0.15) is 10.5 Å². The van der Waals surface area contributed by atoms with Crippen LogP contribution in [0, 0.1) is 0 Å². The highest BCUT2D eigenvalue weighted by Crippen LogP contribution is 2.35. The maximum atomic E-state index is 11.9. The van der Waals surface area contributed by atoms with Crippen LogP contribution in [-0.4, -0.2) is 44.4 Å². The van der Waals surface area contributed by atoms with Crippen molar-refractivity contribution < 1.29 is 14.6 Å². The van der Waals surface area contributed by atoms with Gasteiger partial charge >= 0.3 is 0 Å². The van der Waals surface area contributed by atoms with Gasteiger partial charge in [-0.25, -0.2) is 9.97 Å². The Hall–Kier alpha value is -3.42. The number of carbonyl (C=O) groups excluding carboxylic acids is 1. The van der Waals surface area contributed by atoms with Gasteiger partial charge in [0.2, 0.25) is 0 Å². The van der Waals surface area contributed by atoms with Crippen molar-refractivity contribution in [2.75, 3.05) is 13.7 Å². The van der Waals surface area contributed by atoms with Crippen molar-refractivity contribution in [3.8, 4) is 34.3 Å². The molecule has 1 amide bonds. The van der Waals surface area contributed by atoms with Gasteiger partial charge in [0.15, 0.2) is 17.3 Å². The molecule has 0 saturated carbocycles. The van der Waals surface area contributed by atoms with Gasteiger partial charge in [0.25, 0.3) is 5.91 Å². The van der Waals surface area contributed by atoms with Gasteiger partial charge in [-0.15, -0.1) is 0 Å². The van der Waals surface area contributed by atoms with Crippen molar-refractivity contribution >= 4 is 5.91 Å². The van der Waals surface area contributed by atoms with Crippen LogP contribution < -0.4 is 10.1 Å². The number of hydrogen-bond acceptors (Lipinski definition) is 6. The molecule has 2 N–H and O–H groups in total. The predicted octanol–water partition coefficient (Wildman–Crippen LogP) is 1.46. The molecular weight excluding hydrogens is 322 g/mol. The molecule has 1 aliphatic heterocycles. The van der Waals surface area contributed by atoms with Crippen molar-refractivity contribution in [2.24, 2.45) is 0 Å². The summed E-state index contributed by atoms with van der Waals surface area (Å²) in [6.45, 7) is 1.18. The first kappa shape index (κ1) is 15.1. The molecule has 4 rings (SSSR count). The molecule has 0 fully saturated rings. The van der Waals surface area contributed by atoms with Gasteiger partial charge < -0.3 is 15.2 Å². The van der Waals surface area contributed by atoms with Crippen molar-refractivity contribution in [2.45, 2.75) is 6.54 Å². The molecule has 8 heteroatoms. The molecule has 0 atom stereocenters. The Morgan fingerprint density at radius 2 is 2.16 bits per heavy atom. The fourth-order valence-corrected chi connectivity index (χ4v) is 2.76. The van der Waals surface area contributed by atoms with E-state index in [9.17, 15) is 9.90 Å². The lowest BCUT2D eigenvalue weighted by molar-refractivity contribution is 0.0924. The Labute approximate surface area is 143 Å². The highest BCUT2D eigenvalue weighted by Gasteiger charge is 2.21. The van der Waals surface area contributed by atoms with Gasteiger partial charge in [-0.1, -0.05) is 6.07 Å². The minimum Gasteiger partial charge on any atom is -0.504 e. The number of aromatic nitrogens is 4. The van der Waals surface area contributed by atoms with Crippen LogP contribution in [0.4, 0.5) is 0 Å². The lowest BCUT2D eigenvalue weighted by Crippen LogP contribution is -2.35. The number of amides is 1. The predicted molar refractivity (Wildman–Crippen MR) is 89.2 cm³/mol. The smallest absolute Gasteiger partial charge is 0.269 e. The number of nitrogens with zero attached hydrogens (tertiary/aromatic N) is 4. The van der Waals surface area contributed by atoms with Crippen LogP contribution in [0.15, 0.2) is 36.5 Å². The van der Waals surface area contributed by atoms with Crippen LogP contribution in [0.3, 0.4) is 0 Å². The summed E-state index contributed by atoms with van der Waals surface area (Å²) in [6, 6.07) is 8.54. The number of benzene rings is 1. The molecule has 1 aromatic carbocycles. The summed E-state index contributed by atoms with van der Waals surface area (Å²) < 4.78 is 6.79. The van der Waals surface area contributed by atoms with Crippen LogP contribution in [0.25, 0.3) is 22.8 Å². The first-order valence-corrected chi connectivity index (χ1v) is 7.73. The van der Waals surface area contributed by atoms with Crippen LogP contribution in [-0.2, 0) is 6.54 Å². The topological polar surface area (TPSA) is 102 Å². The van der Waals surface area contributed by atoms with Gasteiger partial charge in [-0.2, -0.15) is 5.10 Å². The molecule has 2 aromatic heterocycles. The Morgan fingerprint density at radius 1 is 1.28 bits per heavy atom. The zero-order valence-corrected chi connectivity index (χ0v) is 13.4. The summed E-state index contributed by atoms with van der Waals surface area (Å²) in [4.78, 5) is 20.6. The van der Waals surface area contributed by atoms with Gasteiger partial charge in [0, 0.05) is 12.7 Å². The molecule has 3 heterocycles. The summed E-state index contributed by atoms with van der Waals surface area (Å²) >= 11 is 0. The zero-order valence-electron chi connectivity index (χ0n) is 13.4. The molecule has 1 aliphatic rings. The molecule has 0 unspecified atom stereocenters. The van der Waals surface area contributed by atoms with E-state index >= 15 is 0 Å².